The molecule has 0 saturated carbocycles. The summed E-state index contributed by atoms with van der Waals surface area (Å²) in [4.78, 5) is 3.93. The van der Waals surface area contributed by atoms with Crippen molar-refractivity contribution in [3.8, 4) is 11.5 Å². The van der Waals surface area contributed by atoms with Crippen LogP contribution in [0.1, 0.15) is 0 Å². The van der Waals surface area contributed by atoms with Crippen LogP contribution in [0.4, 0.5) is 10.3 Å². The molecule has 0 amide bonds. The summed E-state index contributed by atoms with van der Waals surface area (Å²) in [5.74, 6) is 0.866. The van der Waals surface area contributed by atoms with Gasteiger partial charge < -0.3 is 5.32 Å². The fourth-order valence-electron chi connectivity index (χ4n) is 1.28. The maximum Gasteiger partial charge on any atom is 0.224 e. The average molecular weight is 207 g/mol. The number of aromatic nitrogens is 4. The molecule has 0 atom stereocenters. The van der Waals surface area contributed by atoms with E-state index in [0.29, 0.717) is 17.5 Å². The van der Waals surface area contributed by atoms with E-state index >= 15 is 0 Å². The third-order valence-electron chi connectivity index (χ3n) is 2.05. The third kappa shape index (κ3) is 1.65. The van der Waals surface area contributed by atoms with Crippen LogP contribution in [-0.2, 0) is 7.05 Å². The lowest BCUT2D eigenvalue weighted by atomic mass is 10.3. The van der Waals surface area contributed by atoms with Crippen molar-refractivity contribution < 1.29 is 4.39 Å². The Hall–Kier alpha value is -1.98. The topological polar surface area (TPSA) is 55.6 Å². The highest BCUT2D eigenvalue weighted by Crippen LogP contribution is 2.16. The molecule has 5 nitrogen and oxygen atoms in total. The van der Waals surface area contributed by atoms with Gasteiger partial charge in [0.2, 0.25) is 5.95 Å². The summed E-state index contributed by atoms with van der Waals surface area (Å²) in [5.41, 5.74) is 0.591. The predicted octanol–water partition coefficient (Wildman–Crippen LogP) is 1.06. The van der Waals surface area contributed by atoms with Crippen LogP contribution in [0.5, 0.6) is 0 Å². The Kier molecular flexibility index (Phi) is 2.32. The van der Waals surface area contributed by atoms with Crippen molar-refractivity contribution in [2.24, 2.45) is 7.05 Å². The summed E-state index contributed by atoms with van der Waals surface area (Å²) < 4.78 is 14.4. The molecule has 0 saturated heterocycles. The van der Waals surface area contributed by atoms with Crippen molar-refractivity contribution in [2.75, 3.05) is 12.4 Å². The number of nitrogens with zero attached hydrogens (tertiary/aromatic N) is 4. The Balaban J connectivity index is 2.45. The zero-order valence-corrected chi connectivity index (χ0v) is 8.40. The van der Waals surface area contributed by atoms with Crippen LogP contribution >= 0.6 is 0 Å². The van der Waals surface area contributed by atoms with E-state index in [2.05, 4.69) is 20.5 Å². The molecule has 0 aromatic carbocycles. The second-order valence-corrected chi connectivity index (χ2v) is 3.02. The molecule has 0 aliphatic heterocycles. The largest absolute Gasteiger partial charge is 0.357 e. The monoisotopic (exact) mass is 207 g/mol. The minimum absolute atomic E-state index is 0.366. The lowest BCUT2D eigenvalue weighted by Gasteiger charge is -2.01. The van der Waals surface area contributed by atoms with Crippen LogP contribution in [0.3, 0.4) is 0 Å². The number of hydrogen-bond donors (Lipinski definition) is 1. The number of hydrogen-bond acceptors (Lipinski definition) is 4. The Morgan fingerprint density at radius 2 is 2.13 bits per heavy atom. The van der Waals surface area contributed by atoms with Gasteiger partial charge in [-0.05, 0) is 12.1 Å². The molecular weight excluding hydrogens is 197 g/mol. The minimum Gasteiger partial charge on any atom is -0.357 e. The van der Waals surface area contributed by atoms with Crippen LogP contribution < -0.4 is 5.32 Å². The van der Waals surface area contributed by atoms with E-state index in [0.717, 1.165) is 6.20 Å². The van der Waals surface area contributed by atoms with Crippen LogP contribution in [-0.4, -0.2) is 26.8 Å². The smallest absolute Gasteiger partial charge is 0.224 e. The molecule has 2 rings (SSSR count). The van der Waals surface area contributed by atoms with E-state index in [9.17, 15) is 4.39 Å². The highest BCUT2D eigenvalue weighted by molar-refractivity contribution is 5.51. The molecule has 0 aliphatic carbocycles. The molecular formula is C9H10FN5. The molecule has 1 N–H and O–H groups in total. The van der Waals surface area contributed by atoms with Gasteiger partial charge in [0.15, 0.2) is 5.82 Å². The van der Waals surface area contributed by atoms with Gasteiger partial charge in [0, 0.05) is 14.1 Å². The van der Waals surface area contributed by atoms with E-state index in [4.69, 9.17) is 0 Å². The number of anilines is 1. The first-order chi connectivity index (χ1) is 7.22. The Bertz CT molecular complexity index is 462. The van der Waals surface area contributed by atoms with E-state index < -0.39 is 0 Å². The summed E-state index contributed by atoms with van der Waals surface area (Å²) in [6, 6.07) is 2.91. The Labute approximate surface area is 86.0 Å². The molecule has 0 spiro atoms. The maximum absolute atomic E-state index is 12.7. The zero-order chi connectivity index (χ0) is 10.8. The summed E-state index contributed by atoms with van der Waals surface area (Å²) in [5, 5.41) is 10.7. The first-order valence-corrected chi connectivity index (χ1v) is 4.41. The lowest BCUT2D eigenvalue weighted by Crippen LogP contribution is -2.00. The molecule has 0 aliphatic rings. The van der Waals surface area contributed by atoms with Gasteiger partial charge in [0.25, 0.3) is 0 Å². The number of pyridine rings is 1. The van der Waals surface area contributed by atoms with E-state index in [1.807, 2.05) is 7.05 Å². The lowest BCUT2D eigenvalue weighted by molar-refractivity contribution is 0.621. The van der Waals surface area contributed by atoms with Crippen molar-refractivity contribution in [3.63, 3.8) is 0 Å². The third-order valence-corrected chi connectivity index (χ3v) is 2.05. The number of nitrogens with one attached hydrogen (secondary N) is 1. The van der Waals surface area contributed by atoms with Crippen molar-refractivity contribution in [2.45, 2.75) is 0 Å². The van der Waals surface area contributed by atoms with Crippen molar-refractivity contribution in [1.29, 1.82) is 0 Å². The van der Waals surface area contributed by atoms with Crippen molar-refractivity contribution in [3.05, 3.63) is 24.1 Å². The van der Waals surface area contributed by atoms with Gasteiger partial charge in [-0.3, -0.25) is 4.57 Å². The van der Waals surface area contributed by atoms with Gasteiger partial charge in [-0.15, -0.1) is 10.2 Å². The summed E-state index contributed by atoms with van der Waals surface area (Å²) in [7, 11) is 3.57. The highest BCUT2D eigenvalue weighted by atomic mass is 19.1. The standard InChI is InChI=1S/C9H10FN5/c1-11-9-14-13-8(15(9)2)7-4-3-6(10)5-12-7/h3-5H,1-2H3,(H,11,14). The molecule has 0 fully saturated rings. The minimum atomic E-state index is -0.366. The second kappa shape index (κ2) is 3.64. The normalized spacial score (nSPS) is 10.3. The molecule has 0 radical (unpaired) electrons. The van der Waals surface area contributed by atoms with E-state index in [1.54, 1.807) is 17.7 Å². The highest BCUT2D eigenvalue weighted by Gasteiger charge is 2.10. The molecule has 2 heterocycles. The molecule has 6 heteroatoms. The molecule has 2 aromatic rings. The predicted molar refractivity (Wildman–Crippen MR) is 53.7 cm³/mol. The fraction of sp³-hybridized carbons (Fsp3) is 0.222. The summed E-state index contributed by atoms with van der Waals surface area (Å²) >= 11 is 0. The van der Waals surface area contributed by atoms with Crippen LogP contribution in [0.15, 0.2) is 18.3 Å². The van der Waals surface area contributed by atoms with Crippen LogP contribution in [0, 0.1) is 5.82 Å². The van der Waals surface area contributed by atoms with Crippen LogP contribution in [0.25, 0.3) is 11.5 Å². The molecule has 78 valence electrons. The summed E-state index contributed by atoms with van der Waals surface area (Å²) in [6.07, 6.45) is 1.16. The fourth-order valence-corrected chi connectivity index (χ4v) is 1.28. The van der Waals surface area contributed by atoms with E-state index in [1.165, 1.54) is 6.07 Å². The van der Waals surface area contributed by atoms with E-state index in [-0.39, 0.29) is 5.82 Å². The SMILES string of the molecule is CNc1nnc(-c2ccc(F)cn2)n1C. The molecule has 0 unspecified atom stereocenters. The van der Waals surface area contributed by atoms with Gasteiger partial charge >= 0.3 is 0 Å². The average Bonchev–Trinajstić information content (AvgIpc) is 2.61. The Morgan fingerprint density at radius 1 is 1.33 bits per heavy atom. The number of rotatable bonds is 2. The quantitative estimate of drug-likeness (QED) is 0.800. The molecule has 0 bridgehead atoms. The van der Waals surface area contributed by atoms with Gasteiger partial charge in [-0.25, -0.2) is 9.37 Å². The molecule has 15 heavy (non-hydrogen) atoms. The zero-order valence-electron chi connectivity index (χ0n) is 8.40. The van der Waals surface area contributed by atoms with Gasteiger partial charge in [0.1, 0.15) is 11.5 Å². The summed E-state index contributed by atoms with van der Waals surface area (Å²) in [6.45, 7) is 0. The van der Waals surface area contributed by atoms with Crippen molar-refractivity contribution >= 4 is 5.95 Å². The Morgan fingerprint density at radius 3 is 2.67 bits per heavy atom. The first kappa shape index (κ1) is 9.57. The van der Waals surface area contributed by atoms with Gasteiger partial charge in [-0.1, -0.05) is 0 Å². The first-order valence-electron chi connectivity index (χ1n) is 4.41. The molecule has 2 aromatic heterocycles. The number of halogens is 1. The van der Waals surface area contributed by atoms with Crippen LogP contribution in [0.2, 0.25) is 0 Å². The second-order valence-electron chi connectivity index (χ2n) is 3.02. The van der Waals surface area contributed by atoms with Gasteiger partial charge in [0.05, 0.1) is 6.20 Å². The maximum atomic E-state index is 12.7. The van der Waals surface area contributed by atoms with Gasteiger partial charge in [-0.2, -0.15) is 0 Å². The van der Waals surface area contributed by atoms with Crippen molar-refractivity contribution in [1.82, 2.24) is 19.7 Å².